The van der Waals surface area contributed by atoms with Gasteiger partial charge in [-0.15, -0.1) is 0 Å². The van der Waals surface area contributed by atoms with Crippen molar-refractivity contribution in [3.8, 4) is 11.5 Å². The molecular weight excluding hydrogens is 366 g/mol. The summed E-state index contributed by atoms with van der Waals surface area (Å²) in [7, 11) is 0. The molecular formula is C23H31N3O3+2. The van der Waals surface area contributed by atoms with Crippen molar-refractivity contribution in [2.24, 2.45) is 0 Å². The summed E-state index contributed by atoms with van der Waals surface area (Å²) < 4.78 is 11.7. The average molecular weight is 398 g/mol. The first-order chi connectivity index (χ1) is 14.3. The van der Waals surface area contributed by atoms with Crippen molar-refractivity contribution < 1.29 is 24.1 Å². The molecule has 2 fully saturated rings. The Hall–Kier alpha value is -2.41. The lowest BCUT2D eigenvalue weighted by Crippen LogP contribution is -3.28. The zero-order chi connectivity index (χ0) is 19.9. The Labute approximate surface area is 172 Å². The number of hydrogen-bond donors (Lipinski definition) is 3. The number of carbonyl (C=O) groups is 1. The fraction of sp³-hybridized carbons (Fsp3) is 0.435. The number of ether oxygens (including phenoxy) is 2. The summed E-state index contributed by atoms with van der Waals surface area (Å²) in [5, 5.41) is 3.04. The predicted octanol–water partition coefficient (Wildman–Crippen LogP) is 0.380. The zero-order valence-electron chi connectivity index (χ0n) is 16.9. The molecule has 1 atom stereocenters. The SMILES string of the molecule is O=C(C[NH+]1CC[NH+](C[C@H]2CCCO2)CC1)Nc1ccccc1Oc1ccccc1. The van der Waals surface area contributed by atoms with Gasteiger partial charge in [-0.05, 0) is 37.1 Å². The van der Waals surface area contributed by atoms with E-state index in [9.17, 15) is 4.79 Å². The Kier molecular flexibility index (Phi) is 6.77. The van der Waals surface area contributed by atoms with Gasteiger partial charge in [0.15, 0.2) is 12.3 Å². The number of nitrogens with one attached hydrogen (secondary N) is 3. The molecule has 6 nitrogen and oxygen atoms in total. The van der Waals surface area contributed by atoms with Gasteiger partial charge in [-0.1, -0.05) is 30.3 Å². The van der Waals surface area contributed by atoms with Crippen LogP contribution in [0.15, 0.2) is 54.6 Å². The molecule has 0 spiro atoms. The number of quaternary nitrogens is 2. The third-order valence-corrected chi connectivity index (χ3v) is 5.75. The van der Waals surface area contributed by atoms with Crippen molar-refractivity contribution in [2.45, 2.75) is 18.9 Å². The second-order valence-corrected chi connectivity index (χ2v) is 7.98. The second kappa shape index (κ2) is 9.87. The lowest BCUT2D eigenvalue weighted by Gasteiger charge is -2.30. The van der Waals surface area contributed by atoms with Gasteiger partial charge in [0, 0.05) is 6.61 Å². The summed E-state index contributed by atoms with van der Waals surface area (Å²) in [5.41, 5.74) is 0.711. The molecule has 6 heteroatoms. The number of carbonyl (C=O) groups excluding carboxylic acids is 1. The number of anilines is 1. The average Bonchev–Trinajstić information content (AvgIpc) is 3.25. The van der Waals surface area contributed by atoms with E-state index in [1.807, 2.05) is 54.6 Å². The summed E-state index contributed by atoms with van der Waals surface area (Å²) in [4.78, 5) is 15.6. The van der Waals surface area contributed by atoms with Gasteiger partial charge in [-0.3, -0.25) is 4.79 Å². The molecule has 4 rings (SSSR count). The van der Waals surface area contributed by atoms with Crippen LogP contribution >= 0.6 is 0 Å². The van der Waals surface area contributed by atoms with Gasteiger partial charge in [-0.25, -0.2) is 0 Å². The first-order valence-corrected chi connectivity index (χ1v) is 10.7. The van der Waals surface area contributed by atoms with Crippen molar-refractivity contribution in [1.29, 1.82) is 0 Å². The van der Waals surface area contributed by atoms with Crippen LogP contribution in [0.3, 0.4) is 0 Å². The highest BCUT2D eigenvalue weighted by Crippen LogP contribution is 2.28. The topological polar surface area (TPSA) is 56.4 Å². The highest BCUT2D eigenvalue weighted by molar-refractivity contribution is 5.93. The second-order valence-electron chi connectivity index (χ2n) is 7.98. The third-order valence-electron chi connectivity index (χ3n) is 5.75. The lowest BCUT2D eigenvalue weighted by molar-refractivity contribution is -1.01. The van der Waals surface area contributed by atoms with Crippen molar-refractivity contribution in [3.05, 3.63) is 54.6 Å². The highest BCUT2D eigenvalue weighted by Gasteiger charge is 2.28. The van der Waals surface area contributed by atoms with Crippen molar-refractivity contribution >= 4 is 11.6 Å². The van der Waals surface area contributed by atoms with E-state index >= 15 is 0 Å². The Balaban J connectivity index is 1.26. The van der Waals surface area contributed by atoms with Crippen LogP contribution in [-0.4, -0.2) is 57.9 Å². The van der Waals surface area contributed by atoms with Crippen LogP contribution in [0.5, 0.6) is 11.5 Å². The molecule has 0 unspecified atom stereocenters. The highest BCUT2D eigenvalue weighted by atomic mass is 16.5. The van der Waals surface area contributed by atoms with Crippen LogP contribution in [0.1, 0.15) is 12.8 Å². The summed E-state index contributed by atoms with van der Waals surface area (Å²) in [5.74, 6) is 1.45. The quantitative estimate of drug-likeness (QED) is 0.633. The number of para-hydroxylation sites is 3. The van der Waals surface area contributed by atoms with Gasteiger partial charge in [0.05, 0.1) is 5.69 Å². The molecule has 2 heterocycles. The normalized spacial score (nSPS) is 24.2. The molecule has 0 aliphatic carbocycles. The van der Waals surface area contributed by atoms with Crippen LogP contribution in [0.25, 0.3) is 0 Å². The maximum atomic E-state index is 12.6. The molecule has 0 bridgehead atoms. The largest absolute Gasteiger partial charge is 0.455 e. The van der Waals surface area contributed by atoms with Crippen LogP contribution in [-0.2, 0) is 9.53 Å². The van der Waals surface area contributed by atoms with E-state index < -0.39 is 0 Å². The van der Waals surface area contributed by atoms with Gasteiger partial charge in [0.1, 0.15) is 44.6 Å². The van der Waals surface area contributed by atoms with Crippen molar-refractivity contribution in [1.82, 2.24) is 0 Å². The molecule has 0 aromatic heterocycles. The smallest absolute Gasteiger partial charge is 0.279 e. The van der Waals surface area contributed by atoms with Crippen LogP contribution in [0, 0.1) is 0 Å². The van der Waals surface area contributed by atoms with Crippen LogP contribution in [0.2, 0.25) is 0 Å². The molecule has 2 saturated heterocycles. The molecule has 3 N–H and O–H groups in total. The minimum atomic E-state index is 0.0340. The Morgan fingerprint density at radius 2 is 1.72 bits per heavy atom. The summed E-state index contributed by atoms with van der Waals surface area (Å²) >= 11 is 0. The van der Waals surface area contributed by atoms with E-state index in [2.05, 4.69) is 5.32 Å². The van der Waals surface area contributed by atoms with Crippen molar-refractivity contribution in [2.75, 3.05) is 51.2 Å². The maximum Gasteiger partial charge on any atom is 0.279 e. The molecule has 2 aromatic rings. The number of amides is 1. The molecule has 29 heavy (non-hydrogen) atoms. The van der Waals surface area contributed by atoms with Gasteiger partial charge in [-0.2, -0.15) is 0 Å². The van der Waals surface area contributed by atoms with Crippen LogP contribution < -0.4 is 19.9 Å². The van der Waals surface area contributed by atoms with Gasteiger partial charge < -0.3 is 24.6 Å². The maximum absolute atomic E-state index is 12.6. The Morgan fingerprint density at radius 1 is 1.00 bits per heavy atom. The van der Waals surface area contributed by atoms with Crippen LogP contribution in [0.4, 0.5) is 5.69 Å². The van der Waals surface area contributed by atoms with E-state index in [0.29, 0.717) is 24.1 Å². The standard InChI is InChI=1S/C23H29N3O3/c27-23(18-26-14-12-25(13-15-26)17-20-9-6-16-28-20)24-21-10-4-5-11-22(21)29-19-7-2-1-3-8-19/h1-5,7-8,10-11,20H,6,9,12-18H2,(H,24,27)/p+2/t20-/m1/s1. The van der Waals surface area contributed by atoms with Crippen molar-refractivity contribution in [3.63, 3.8) is 0 Å². The van der Waals surface area contributed by atoms with E-state index in [-0.39, 0.29) is 5.91 Å². The number of piperazine rings is 1. The molecule has 154 valence electrons. The van der Waals surface area contributed by atoms with Gasteiger partial charge >= 0.3 is 0 Å². The zero-order valence-corrected chi connectivity index (χ0v) is 16.9. The molecule has 0 saturated carbocycles. The molecule has 0 radical (unpaired) electrons. The number of hydrogen-bond acceptors (Lipinski definition) is 3. The summed E-state index contributed by atoms with van der Waals surface area (Å²) in [6.07, 6.45) is 2.84. The lowest BCUT2D eigenvalue weighted by atomic mass is 10.2. The fourth-order valence-electron chi connectivity index (χ4n) is 4.16. The molecule has 2 aliphatic rings. The number of benzene rings is 2. The van der Waals surface area contributed by atoms with E-state index in [1.165, 1.54) is 17.7 Å². The van der Waals surface area contributed by atoms with Gasteiger partial charge in [0.25, 0.3) is 5.91 Å². The Morgan fingerprint density at radius 3 is 2.48 bits per heavy atom. The minimum absolute atomic E-state index is 0.0340. The first-order valence-electron chi connectivity index (χ1n) is 10.7. The summed E-state index contributed by atoms with van der Waals surface area (Å²) in [6, 6.07) is 17.2. The van der Waals surface area contributed by atoms with E-state index in [0.717, 1.165) is 45.1 Å². The minimum Gasteiger partial charge on any atom is -0.455 e. The van der Waals surface area contributed by atoms with Gasteiger partial charge in [0.2, 0.25) is 0 Å². The van der Waals surface area contributed by atoms with E-state index in [4.69, 9.17) is 9.47 Å². The predicted molar refractivity (Wildman–Crippen MR) is 112 cm³/mol. The third kappa shape index (κ3) is 5.79. The Bertz CT molecular complexity index is 785. The molecule has 1 amide bonds. The van der Waals surface area contributed by atoms with E-state index in [1.54, 1.807) is 4.90 Å². The monoisotopic (exact) mass is 397 g/mol. The summed E-state index contributed by atoms with van der Waals surface area (Å²) in [6.45, 7) is 6.79. The molecule has 2 aliphatic heterocycles. The fourth-order valence-corrected chi connectivity index (χ4v) is 4.16. The number of rotatable bonds is 7. The first kappa shape index (κ1) is 19.9. The molecule has 2 aromatic carbocycles.